The highest BCUT2D eigenvalue weighted by Crippen LogP contribution is 2.69. The van der Waals surface area contributed by atoms with E-state index in [2.05, 4.69) is 0 Å². The highest BCUT2D eigenvalue weighted by atomic mass is 35.5. The van der Waals surface area contributed by atoms with Crippen molar-refractivity contribution in [2.24, 2.45) is 17.8 Å². The standard InChI is InChI=1S/C30H24Cl2N2O6/c1-16(2)25(28(37)40-15-17-11-13-18(14-12-17)34(38)39)33-26(35)23-24(27(33)36)30(32)20-8-4-3-7-19(20)29(23,31)21-9-5-6-10-22(21)30/h3-14,16,23-25H,15H2,1-2H3/t23-,24-,25-,29?,30?/m0/s1. The molecule has 0 spiro atoms. The lowest BCUT2D eigenvalue weighted by atomic mass is 9.54. The SMILES string of the molecule is CC(C)[C@@H](C(=O)OCc1ccc([N+](=O)[O-])cc1)N1C(=O)[C@@H]2[C@@H](C1=O)C1(Cl)c3ccccc3C2(Cl)c2ccccc21. The Kier molecular flexibility index (Phi) is 6.05. The molecule has 0 unspecified atom stereocenters. The normalized spacial score (nSPS) is 26.8. The number of hydrogen-bond acceptors (Lipinski definition) is 6. The third kappa shape index (κ3) is 3.42. The molecule has 3 aromatic carbocycles. The number of benzene rings is 3. The molecule has 10 heteroatoms. The highest BCUT2D eigenvalue weighted by molar-refractivity contribution is 6.36. The number of carbonyl (C=O) groups is 3. The average molecular weight is 579 g/mol. The molecule has 8 nitrogen and oxygen atoms in total. The molecular formula is C30H24Cl2N2O6. The number of nitro groups is 1. The number of hydrogen-bond donors (Lipinski definition) is 0. The van der Waals surface area contributed by atoms with Crippen molar-refractivity contribution in [3.05, 3.63) is 111 Å². The summed E-state index contributed by atoms with van der Waals surface area (Å²) in [6, 6.07) is 19.0. The third-order valence-corrected chi connectivity index (χ3v) is 9.58. The van der Waals surface area contributed by atoms with Gasteiger partial charge in [0.15, 0.2) is 0 Å². The molecule has 204 valence electrons. The quantitative estimate of drug-likeness (QED) is 0.130. The minimum absolute atomic E-state index is 0.0902. The van der Waals surface area contributed by atoms with Gasteiger partial charge in [0.25, 0.3) is 5.69 Å². The van der Waals surface area contributed by atoms with Crippen LogP contribution in [0.3, 0.4) is 0 Å². The van der Waals surface area contributed by atoms with Crippen molar-refractivity contribution < 1.29 is 24.0 Å². The molecule has 40 heavy (non-hydrogen) atoms. The first-order chi connectivity index (χ1) is 19.0. The summed E-state index contributed by atoms with van der Waals surface area (Å²) in [5.74, 6) is -4.41. The van der Waals surface area contributed by atoms with E-state index >= 15 is 0 Å². The Morgan fingerprint density at radius 3 is 1.68 bits per heavy atom. The average Bonchev–Trinajstić information content (AvgIpc) is 3.21. The topological polar surface area (TPSA) is 107 Å². The lowest BCUT2D eigenvalue weighted by molar-refractivity contribution is -0.384. The van der Waals surface area contributed by atoms with E-state index in [4.69, 9.17) is 27.9 Å². The molecule has 4 aliphatic rings. The van der Waals surface area contributed by atoms with Crippen molar-refractivity contribution in [2.45, 2.75) is 36.2 Å². The van der Waals surface area contributed by atoms with Crippen LogP contribution in [0.1, 0.15) is 41.7 Å². The third-order valence-electron chi connectivity index (χ3n) is 8.30. The second kappa shape index (κ2) is 9.14. The van der Waals surface area contributed by atoms with Gasteiger partial charge in [-0.05, 0) is 45.9 Å². The largest absolute Gasteiger partial charge is 0.459 e. The number of rotatable bonds is 6. The van der Waals surface area contributed by atoms with Crippen molar-refractivity contribution in [1.29, 1.82) is 0 Å². The van der Waals surface area contributed by atoms with E-state index in [0.717, 1.165) is 4.90 Å². The van der Waals surface area contributed by atoms with Crippen LogP contribution in [-0.4, -0.2) is 33.6 Å². The molecule has 3 aliphatic carbocycles. The molecule has 7 rings (SSSR count). The van der Waals surface area contributed by atoms with Gasteiger partial charge in [-0.2, -0.15) is 0 Å². The predicted octanol–water partition coefficient (Wildman–Crippen LogP) is 5.26. The van der Waals surface area contributed by atoms with Crippen LogP contribution < -0.4 is 0 Å². The number of ether oxygens (including phenoxy) is 1. The van der Waals surface area contributed by atoms with Crippen LogP contribution in [-0.2, 0) is 35.5 Å². The van der Waals surface area contributed by atoms with Crippen LogP contribution in [0.25, 0.3) is 0 Å². The number of nitrogens with zero attached hydrogens (tertiary/aromatic N) is 2. The van der Waals surface area contributed by atoms with Gasteiger partial charge in [0.05, 0.1) is 16.8 Å². The monoisotopic (exact) mass is 578 g/mol. The van der Waals surface area contributed by atoms with Crippen LogP contribution in [0.2, 0.25) is 0 Å². The summed E-state index contributed by atoms with van der Waals surface area (Å²) < 4.78 is 5.54. The van der Waals surface area contributed by atoms with E-state index in [9.17, 15) is 24.5 Å². The van der Waals surface area contributed by atoms with Crippen molar-refractivity contribution in [1.82, 2.24) is 4.90 Å². The molecule has 2 amide bonds. The summed E-state index contributed by atoms with van der Waals surface area (Å²) in [7, 11) is 0. The fraction of sp³-hybridized carbons (Fsp3) is 0.300. The Labute approximate surface area is 240 Å². The summed E-state index contributed by atoms with van der Waals surface area (Å²) in [6.45, 7) is 3.27. The van der Waals surface area contributed by atoms with E-state index in [1.54, 1.807) is 13.8 Å². The lowest BCUT2D eigenvalue weighted by Crippen LogP contribution is -2.57. The van der Waals surface area contributed by atoms with Gasteiger partial charge in [0, 0.05) is 12.1 Å². The van der Waals surface area contributed by atoms with Crippen LogP contribution in [0.15, 0.2) is 72.8 Å². The van der Waals surface area contributed by atoms with Gasteiger partial charge >= 0.3 is 5.97 Å². The van der Waals surface area contributed by atoms with Gasteiger partial charge in [-0.1, -0.05) is 62.4 Å². The Bertz CT molecular complexity index is 1470. The molecule has 1 aliphatic heterocycles. The molecule has 2 bridgehead atoms. The van der Waals surface area contributed by atoms with E-state index in [-0.39, 0.29) is 12.3 Å². The molecule has 3 atom stereocenters. The second-order valence-electron chi connectivity index (χ2n) is 10.7. The molecule has 0 saturated carbocycles. The predicted molar refractivity (Wildman–Crippen MR) is 147 cm³/mol. The van der Waals surface area contributed by atoms with Gasteiger partial charge in [-0.25, -0.2) is 4.79 Å². The van der Waals surface area contributed by atoms with Crippen LogP contribution >= 0.6 is 23.2 Å². The van der Waals surface area contributed by atoms with Crippen molar-refractivity contribution >= 4 is 46.7 Å². The Morgan fingerprint density at radius 1 is 0.875 bits per heavy atom. The van der Waals surface area contributed by atoms with Crippen molar-refractivity contribution in [2.75, 3.05) is 0 Å². The van der Waals surface area contributed by atoms with Crippen LogP contribution in [0, 0.1) is 27.9 Å². The molecule has 3 aromatic rings. The number of alkyl halides is 2. The van der Waals surface area contributed by atoms with Gasteiger partial charge < -0.3 is 4.74 Å². The summed E-state index contributed by atoms with van der Waals surface area (Å²) >= 11 is 14.9. The summed E-state index contributed by atoms with van der Waals surface area (Å²) in [6.07, 6.45) is 0. The molecule has 0 N–H and O–H groups in total. The zero-order valence-electron chi connectivity index (χ0n) is 21.5. The first-order valence-corrected chi connectivity index (χ1v) is 13.6. The van der Waals surface area contributed by atoms with Crippen molar-refractivity contribution in [3.8, 4) is 0 Å². The molecular weight excluding hydrogens is 555 g/mol. The highest BCUT2D eigenvalue weighted by Gasteiger charge is 2.74. The molecule has 1 heterocycles. The Balaban J connectivity index is 1.38. The van der Waals surface area contributed by atoms with Crippen LogP contribution in [0.4, 0.5) is 5.69 Å². The van der Waals surface area contributed by atoms with Crippen LogP contribution in [0.5, 0.6) is 0 Å². The Morgan fingerprint density at radius 2 is 1.30 bits per heavy atom. The molecule has 1 saturated heterocycles. The van der Waals surface area contributed by atoms with Gasteiger partial charge in [-0.15, -0.1) is 23.2 Å². The maximum atomic E-state index is 14.2. The first-order valence-electron chi connectivity index (χ1n) is 12.9. The fourth-order valence-electron chi connectivity index (χ4n) is 6.59. The number of carbonyl (C=O) groups excluding carboxylic acids is 3. The zero-order chi connectivity index (χ0) is 28.6. The number of imide groups is 1. The number of amides is 2. The second-order valence-corrected chi connectivity index (χ2v) is 11.9. The zero-order valence-corrected chi connectivity index (χ0v) is 23.1. The van der Waals surface area contributed by atoms with Crippen molar-refractivity contribution in [3.63, 3.8) is 0 Å². The van der Waals surface area contributed by atoms with Gasteiger partial charge in [0.2, 0.25) is 11.8 Å². The maximum Gasteiger partial charge on any atom is 0.329 e. The summed E-state index contributed by atoms with van der Waals surface area (Å²) in [4.78, 5) is 50.6. The molecule has 0 radical (unpaired) electrons. The fourth-order valence-corrected chi connectivity index (χ4v) is 7.69. The smallest absolute Gasteiger partial charge is 0.329 e. The Hall–Kier alpha value is -3.75. The lowest BCUT2D eigenvalue weighted by Gasteiger charge is -2.54. The number of halogens is 2. The molecule has 0 aromatic heterocycles. The number of esters is 1. The van der Waals surface area contributed by atoms with Gasteiger partial charge in [0.1, 0.15) is 22.4 Å². The summed E-state index contributed by atoms with van der Waals surface area (Å²) in [5.41, 5.74) is 3.14. The number of non-ortho nitro benzene ring substituents is 1. The molecule has 1 fully saturated rings. The van der Waals surface area contributed by atoms with E-state index < -0.39 is 56.3 Å². The number of nitro benzene ring substituents is 1. The van der Waals surface area contributed by atoms with E-state index in [1.165, 1.54) is 24.3 Å². The van der Waals surface area contributed by atoms with Gasteiger partial charge in [-0.3, -0.25) is 24.6 Å². The first kappa shape index (κ1) is 26.5. The minimum atomic E-state index is -1.35. The van der Waals surface area contributed by atoms with E-state index in [0.29, 0.717) is 27.8 Å². The van der Waals surface area contributed by atoms with E-state index in [1.807, 2.05) is 48.5 Å². The minimum Gasteiger partial charge on any atom is -0.459 e. The number of likely N-dealkylation sites (tertiary alicyclic amines) is 1. The summed E-state index contributed by atoms with van der Waals surface area (Å²) in [5, 5.41) is 10.9. The maximum absolute atomic E-state index is 14.2.